The summed E-state index contributed by atoms with van der Waals surface area (Å²) in [6.07, 6.45) is 0. The molecule has 0 saturated carbocycles. The maximum absolute atomic E-state index is 6.16. The molecule has 0 aliphatic rings. The number of rotatable bonds is 7. The Hall–Kier alpha value is -0.160. The number of hydrogen-bond acceptors (Lipinski definition) is 4. The van der Waals surface area contributed by atoms with Crippen molar-refractivity contribution < 1.29 is 0 Å². The summed E-state index contributed by atoms with van der Waals surface area (Å²) < 4.78 is 0. The molecule has 0 fully saturated rings. The van der Waals surface area contributed by atoms with Gasteiger partial charge in [0.25, 0.3) is 0 Å². The van der Waals surface area contributed by atoms with Gasteiger partial charge in [-0.2, -0.15) is 0 Å². The largest absolute Gasteiger partial charge is 0.326 e. The fourth-order valence-electron chi connectivity index (χ4n) is 1.74. The third-order valence-electron chi connectivity index (χ3n) is 4.51. The molecule has 0 heterocycles. The maximum atomic E-state index is 6.16. The molecule has 3 unspecified atom stereocenters. The van der Waals surface area contributed by atoms with Gasteiger partial charge in [0, 0.05) is 34.7 Å². The SMILES string of the molecule is CC(NC(C)(C)C(C)NC(C)(C)C(C)N)C(C)(C)N. The minimum Gasteiger partial charge on any atom is -0.326 e. The van der Waals surface area contributed by atoms with Crippen LogP contribution in [0.3, 0.4) is 0 Å². The summed E-state index contributed by atoms with van der Waals surface area (Å²) in [5.41, 5.74) is 11.8. The van der Waals surface area contributed by atoms with E-state index < -0.39 is 0 Å². The molecule has 0 aromatic rings. The lowest BCUT2D eigenvalue weighted by Crippen LogP contribution is -2.67. The molecule has 116 valence electrons. The van der Waals surface area contributed by atoms with Gasteiger partial charge in [-0.05, 0) is 62.3 Å². The zero-order valence-electron chi connectivity index (χ0n) is 14.4. The predicted octanol–water partition coefficient (Wildman–Crippen LogP) is 1.58. The Kier molecular flexibility index (Phi) is 6.03. The van der Waals surface area contributed by atoms with E-state index in [1.54, 1.807) is 0 Å². The van der Waals surface area contributed by atoms with Gasteiger partial charge < -0.3 is 22.1 Å². The molecule has 0 saturated heterocycles. The van der Waals surface area contributed by atoms with Gasteiger partial charge in [-0.3, -0.25) is 0 Å². The third kappa shape index (κ3) is 5.78. The first kappa shape index (κ1) is 18.8. The van der Waals surface area contributed by atoms with Crippen molar-refractivity contribution >= 4 is 0 Å². The van der Waals surface area contributed by atoms with E-state index in [4.69, 9.17) is 11.5 Å². The van der Waals surface area contributed by atoms with E-state index >= 15 is 0 Å². The van der Waals surface area contributed by atoms with E-state index in [9.17, 15) is 0 Å². The van der Waals surface area contributed by atoms with E-state index in [0.29, 0.717) is 0 Å². The molecule has 0 aromatic carbocycles. The molecule has 0 aliphatic heterocycles. The van der Waals surface area contributed by atoms with E-state index in [1.165, 1.54) is 0 Å². The van der Waals surface area contributed by atoms with Gasteiger partial charge in [-0.1, -0.05) is 0 Å². The lowest BCUT2D eigenvalue weighted by molar-refractivity contribution is 0.186. The Morgan fingerprint density at radius 2 is 1.11 bits per heavy atom. The highest BCUT2D eigenvalue weighted by atomic mass is 15.1. The highest BCUT2D eigenvalue weighted by Gasteiger charge is 2.35. The fraction of sp³-hybridized carbons (Fsp3) is 1.00. The molecule has 0 bridgehead atoms. The predicted molar refractivity (Wildman–Crippen MR) is 85.3 cm³/mol. The van der Waals surface area contributed by atoms with Crippen LogP contribution in [0.15, 0.2) is 0 Å². The van der Waals surface area contributed by atoms with Crippen LogP contribution < -0.4 is 22.1 Å². The maximum Gasteiger partial charge on any atom is 0.0278 e. The van der Waals surface area contributed by atoms with Gasteiger partial charge in [-0.25, -0.2) is 0 Å². The number of nitrogens with one attached hydrogen (secondary N) is 2. The highest BCUT2D eigenvalue weighted by Crippen LogP contribution is 2.18. The van der Waals surface area contributed by atoms with Crippen LogP contribution in [0.4, 0.5) is 0 Å². The van der Waals surface area contributed by atoms with Gasteiger partial charge >= 0.3 is 0 Å². The van der Waals surface area contributed by atoms with Crippen molar-refractivity contribution in [2.45, 2.75) is 97.1 Å². The Morgan fingerprint density at radius 1 is 0.737 bits per heavy atom. The van der Waals surface area contributed by atoms with Crippen LogP contribution in [0.5, 0.6) is 0 Å². The van der Waals surface area contributed by atoms with Crippen LogP contribution in [0.25, 0.3) is 0 Å². The van der Waals surface area contributed by atoms with Crippen LogP contribution in [-0.4, -0.2) is 34.7 Å². The molecule has 0 radical (unpaired) electrons. The van der Waals surface area contributed by atoms with E-state index in [0.717, 1.165) is 0 Å². The van der Waals surface area contributed by atoms with Crippen LogP contribution in [0, 0.1) is 0 Å². The van der Waals surface area contributed by atoms with Crippen molar-refractivity contribution in [1.82, 2.24) is 10.6 Å². The van der Waals surface area contributed by atoms with E-state index in [2.05, 4.69) is 52.2 Å². The Bertz CT molecular complexity index is 276. The van der Waals surface area contributed by atoms with E-state index in [-0.39, 0.29) is 34.7 Å². The normalized spacial score (nSPS) is 19.1. The molecule has 0 aromatic heterocycles. The van der Waals surface area contributed by atoms with Crippen LogP contribution in [0.1, 0.15) is 62.3 Å². The average molecular weight is 272 g/mol. The molecule has 4 heteroatoms. The first-order chi connectivity index (χ1) is 8.20. The zero-order valence-corrected chi connectivity index (χ0v) is 14.4. The molecule has 19 heavy (non-hydrogen) atoms. The highest BCUT2D eigenvalue weighted by molar-refractivity contribution is 4.99. The number of hydrogen-bond donors (Lipinski definition) is 4. The summed E-state index contributed by atoms with van der Waals surface area (Å²) in [7, 11) is 0. The Balaban J connectivity index is 4.74. The minimum absolute atomic E-state index is 0.0672. The van der Waals surface area contributed by atoms with Gasteiger partial charge in [0.15, 0.2) is 0 Å². The second kappa shape index (κ2) is 6.08. The summed E-state index contributed by atoms with van der Waals surface area (Å²) in [6, 6.07) is 0.595. The minimum atomic E-state index is -0.242. The summed E-state index contributed by atoms with van der Waals surface area (Å²) in [6.45, 7) is 19.1. The van der Waals surface area contributed by atoms with Gasteiger partial charge in [-0.15, -0.1) is 0 Å². The lowest BCUT2D eigenvalue weighted by atomic mass is 9.87. The smallest absolute Gasteiger partial charge is 0.0278 e. The first-order valence-corrected chi connectivity index (χ1v) is 7.30. The molecule has 0 amide bonds. The van der Waals surface area contributed by atoms with Crippen LogP contribution >= 0.6 is 0 Å². The molecule has 6 N–H and O–H groups in total. The summed E-state index contributed by atoms with van der Waals surface area (Å²) >= 11 is 0. The van der Waals surface area contributed by atoms with Gasteiger partial charge in [0.1, 0.15) is 0 Å². The standard InChI is InChI=1S/C15H36N4/c1-10(16)14(6,7)19-12(3)15(8,9)18-11(2)13(4,5)17/h10-12,18-19H,16-17H2,1-9H3. The second-order valence-corrected chi connectivity index (χ2v) is 7.79. The van der Waals surface area contributed by atoms with Crippen molar-refractivity contribution in [2.24, 2.45) is 11.5 Å². The van der Waals surface area contributed by atoms with Crippen molar-refractivity contribution in [1.29, 1.82) is 0 Å². The average Bonchev–Trinajstić information content (AvgIpc) is 2.14. The van der Waals surface area contributed by atoms with Crippen molar-refractivity contribution in [3.05, 3.63) is 0 Å². The monoisotopic (exact) mass is 272 g/mol. The first-order valence-electron chi connectivity index (χ1n) is 7.30. The third-order valence-corrected chi connectivity index (χ3v) is 4.51. The molecule has 3 atom stereocenters. The summed E-state index contributed by atoms with van der Waals surface area (Å²) in [4.78, 5) is 0. The summed E-state index contributed by atoms with van der Waals surface area (Å²) in [5, 5.41) is 7.25. The molecule has 0 aliphatic carbocycles. The van der Waals surface area contributed by atoms with E-state index in [1.807, 2.05) is 20.8 Å². The second-order valence-electron chi connectivity index (χ2n) is 7.79. The van der Waals surface area contributed by atoms with Gasteiger partial charge in [0.05, 0.1) is 0 Å². The topological polar surface area (TPSA) is 76.1 Å². The number of nitrogens with two attached hydrogens (primary N) is 2. The van der Waals surface area contributed by atoms with Crippen molar-refractivity contribution in [3.63, 3.8) is 0 Å². The molecule has 0 spiro atoms. The molecule has 4 nitrogen and oxygen atoms in total. The van der Waals surface area contributed by atoms with Crippen molar-refractivity contribution in [2.75, 3.05) is 0 Å². The van der Waals surface area contributed by atoms with Crippen LogP contribution in [-0.2, 0) is 0 Å². The molecular weight excluding hydrogens is 236 g/mol. The Labute approximate surface area is 120 Å². The molecular formula is C15H36N4. The van der Waals surface area contributed by atoms with Gasteiger partial charge in [0.2, 0.25) is 0 Å². The summed E-state index contributed by atoms with van der Waals surface area (Å²) in [5.74, 6) is 0. The van der Waals surface area contributed by atoms with Crippen molar-refractivity contribution in [3.8, 4) is 0 Å². The Morgan fingerprint density at radius 3 is 1.42 bits per heavy atom. The quantitative estimate of drug-likeness (QED) is 0.568. The van der Waals surface area contributed by atoms with Crippen LogP contribution in [0.2, 0.25) is 0 Å². The lowest BCUT2D eigenvalue weighted by Gasteiger charge is -2.44. The molecule has 0 rings (SSSR count). The fourth-order valence-corrected chi connectivity index (χ4v) is 1.74. The zero-order chi connectivity index (χ0) is 15.6.